The van der Waals surface area contributed by atoms with Crippen molar-refractivity contribution in [2.45, 2.75) is 44.8 Å². The lowest BCUT2D eigenvalue weighted by molar-refractivity contribution is -0.0461. The number of aromatic nitrogens is 7. The first-order chi connectivity index (χ1) is 21.0. The molecule has 0 amide bonds. The van der Waals surface area contributed by atoms with Crippen LogP contribution in [-0.4, -0.2) is 91.3 Å². The molecule has 0 bridgehead atoms. The number of amidine groups is 1. The van der Waals surface area contributed by atoms with Crippen molar-refractivity contribution in [3.63, 3.8) is 0 Å². The van der Waals surface area contributed by atoms with Crippen LogP contribution in [0.25, 0.3) is 11.5 Å². The molecule has 2 aliphatic heterocycles. The van der Waals surface area contributed by atoms with E-state index in [1.165, 1.54) is 6.07 Å². The number of rotatable bonds is 10. The van der Waals surface area contributed by atoms with E-state index in [2.05, 4.69) is 45.8 Å². The highest BCUT2D eigenvalue weighted by atomic mass is 35.5. The highest BCUT2D eigenvalue weighted by Crippen LogP contribution is 2.24. The molecule has 0 saturated carbocycles. The minimum absolute atomic E-state index is 0.0171. The number of ether oxygens (including phenoxy) is 2. The minimum Gasteiger partial charge on any atom is -0.474 e. The maximum atomic E-state index is 14.3. The molecule has 4 aromatic rings. The molecule has 2 fully saturated rings. The molecule has 12 nitrogen and oxygen atoms in total. The predicted molar refractivity (Wildman–Crippen MR) is 158 cm³/mol. The number of aliphatic imine (C=N–C) groups is 1. The quantitative estimate of drug-likeness (QED) is 0.203. The first-order valence-corrected chi connectivity index (χ1v) is 14.6. The second kappa shape index (κ2) is 13.5. The van der Waals surface area contributed by atoms with Gasteiger partial charge in [0.15, 0.2) is 5.82 Å². The van der Waals surface area contributed by atoms with E-state index in [9.17, 15) is 4.39 Å². The molecule has 224 valence electrons. The van der Waals surface area contributed by atoms with Crippen molar-refractivity contribution in [3.05, 3.63) is 70.5 Å². The Labute approximate surface area is 253 Å². The van der Waals surface area contributed by atoms with Gasteiger partial charge in [0.05, 0.1) is 18.3 Å². The molecule has 0 spiro atoms. The Morgan fingerprint density at radius 2 is 2.07 bits per heavy atom. The second-order valence-corrected chi connectivity index (χ2v) is 11.1. The van der Waals surface area contributed by atoms with Crippen LogP contribution < -0.4 is 10.1 Å². The van der Waals surface area contributed by atoms with Crippen molar-refractivity contribution in [3.8, 4) is 17.4 Å². The van der Waals surface area contributed by atoms with Gasteiger partial charge in [-0.2, -0.15) is 4.98 Å². The fourth-order valence-corrected chi connectivity index (χ4v) is 5.08. The molecule has 6 rings (SSSR count). The van der Waals surface area contributed by atoms with Crippen LogP contribution in [0.4, 0.5) is 10.1 Å². The lowest BCUT2D eigenvalue weighted by Crippen LogP contribution is -2.46. The Balaban J connectivity index is 1.08. The number of aryl methyl sites for hydroxylation is 1. The first-order valence-electron chi connectivity index (χ1n) is 14.3. The van der Waals surface area contributed by atoms with Crippen LogP contribution in [-0.2, 0) is 11.2 Å². The third-order valence-electron chi connectivity index (χ3n) is 7.48. The molecule has 1 atom stereocenters. The Morgan fingerprint density at radius 3 is 2.81 bits per heavy atom. The van der Waals surface area contributed by atoms with Gasteiger partial charge in [-0.25, -0.2) is 19.5 Å². The molecule has 0 aliphatic carbocycles. The van der Waals surface area contributed by atoms with Crippen LogP contribution in [0.1, 0.15) is 36.2 Å². The van der Waals surface area contributed by atoms with Crippen LogP contribution in [0.2, 0.25) is 5.02 Å². The first kappa shape index (κ1) is 29.0. The number of benzene rings is 1. The topological polar surface area (TPSA) is 139 Å². The number of hydrogen-bond acceptors (Lipinski definition) is 10. The number of likely N-dealkylation sites (tertiary alicyclic amines) is 1. The van der Waals surface area contributed by atoms with Crippen LogP contribution in [0.3, 0.4) is 0 Å². The van der Waals surface area contributed by atoms with Crippen LogP contribution in [0.5, 0.6) is 5.88 Å². The third kappa shape index (κ3) is 7.66. The summed E-state index contributed by atoms with van der Waals surface area (Å²) in [6.45, 7) is 5.82. The summed E-state index contributed by atoms with van der Waals surface area (Å²) >= 11 is 5.87. The third-order valence-corrected chi connectivity index (χ3v) is 7.72. The Kier molecular flexibility index (Phi) is 9.10. The second-order valence-electron chi connectivity index (χ2n) is 10.6. The molecule has 2 saturated heterocycles. The summed E-state index contributed by atoms with van der Waals surface area (Å²) in [6, 6.07) is 8.23. The number of hydrogen-bond donors (Lipinski definition) is 2. The number of H-pyrrole nitrogens is 1. The zero-order valence-electron chi connectivity index (χ0n) is 23.7. The summed E-state index contributed by atoms with van der Waals surface area (Å²) in [5.74, 6) is 1.96. The molecule has 3 aromatic heterocycles. The van der Waals surface area contributed by atoms with Gasteiger partial charge in [-0.3, -0.25) is 9.88 Å². The number of halogens is 2. The van der Waals surface area contributed by atoms with Crippen molar-refractivity contribution in [2.24, 2.45) is 4.99 Å². The zero-order chi connectivity index (χ0) is 29.6. The van der Waals surface area contributed by atoms with E-state index in [0.717, 1.165) is 56.0 Å². The molecule has 14 heteroatoms. The molecular weight excluding hydrogens is 575 g/mol. The Morgan fingerprint density at radius 1 is 1.21 bits per heavy atom. The zero-order valence-corrected chi connectivity index (χ0v) is 24.5. The van der Waals surface area contributed by atoms with Gasteiger partial charge >= 0.3 is 0 Å². The molecule has 1 unspecified atom stereocenters. The van der Waals surface area contributed by atoms with Crippen molar-refractivity contribution in [2.75, 3.05) is 32.8 Å². The molecular formula is C29H32ClFN10O2. The largest absolute Gasteiger partial charge is 0.474 e. The van der Waals surface area contributed by atoms with Crippen molar-refractivity contribution >= 4 is 23.1 Å². The van der Waals surface area contributed by atoms with Gasteiger partial charge in [-0.15, -0.1) is 5.10 Å². The van der Waals surface area contributed by atoms with Crippen molar-refractivity contribution in [1.29, 1.82) is 0 Å². The van der Waals surface area contributed by atoms with E-state index >= 15 is 0 Å². The average Bonchev–Trinajstić information content (AvgIpc) is 3.51. The number of tetrazole rings is 1. The summed E-state index contributed by atoms with van der Waals surface area (Å²) in [4.78, 5) is 20.6. The summed E-state index contributed by atoms with van der Waals surface area (Å²) in [7, 11) is 0. The molecule has 43 heavy (non-hydrogen) atoms. The fraction of sp³-hybridized carbons (Fsp3) is 0.414. The van der Waals surface area contributed by atoms with Gasteiger partial charge < -0.3 is 14.8 Å². The smallest absolute Gasteiger partial charge is 0.216 e. The molecule has 2 aliphatic rings. The summed E-state index contributed by atoms with van der Waals surface area (Å²) in [5, 5.41) is 17.9. The maximum absolute atomic E-state index is 14.3. The highest BCUT2D eigenvalue weighted by molar-refractivity contribution is 6.30. The highest BCUT2D eigenvalue weighted by Gasteiger charge is 2.24. The maximum Gasteiger partial charge on any atom is 0.216 e. The van der Waals surface area contributed by atoms with Gasteiger partial charge in [0, 0.05) is 56.1 Å². The van der Waals surface area contributed by atoms with Gasteiger partial charge in [-0.1, -0.05) is 17.7 Å². The van der Waals surface area contributed by atoms with Gasteiger partial charge in [0.2, 0.25) is 5.88 Å². The van der Waals surface area contributed by atoms with Gasteiger partial charge in [0.25, 0.3) is 0 Å². The van der Waals surface area contributed by atoms with Crippen molar-refractivity contribution < 1.29 is 13.9 Å². The van der Waals surface area contributed by atoms with E-state index in [-0.39, 0.29) is 24.4 Å². The van der Waals surface area contributed by atoms with E-state index in [1.54, 1.807) is 30.6 Å². The molecule has 5 heterocycles. The number of nitrogens with one attached hydrogen (secondary N) is 2. The van der Waals surface area contributed by atoms with E-state index in [1.807, 2.05) is 13.0 Å². The number of pyridine rings is 1. The molecule has 0 radical (unpaired) electrons. The number of aromatic amines is 1. The van der Waals surface area contributed by atoms with E-state index < -0.39 is 0 Å². The standard InChI is InChI=1S/C29H32ClFN10O2/c1-18-15-33-25(29-37-39-40-38-29)14-24(18)35-27(34-16-22-7-11-42-22)17-41-9-5-21(6-10-41)43-28-4-8-32-26(36-28)12-19-2-3-20(30)13-23(19)31/h2-4,8,13-15,21-22H,5-7,9-12,16-17H2,1H3,(H,33,34,35)(H,37,38,39,40). The van der Waals surface area contributed by atoms with Gasteiger partial charge in [0.1, 0.15) is 29.3 Å². The summed E-state index contributed by atoms with van der Waals surface area (Å²) < 4.78 is 26.1. The van der Waals surface area contributed by atoms with Crippen LogP contribution in [0.15, 0.2) is 47.7 Å². The van der Waals surface area contributed by atoms with Crippen molar-refractivity contribution in [1.82, 2.24) is 45.8 Å². The normalized spacial score (nSPS) is 17.9. The van der Waals surface area contributed by atoms with Gasteiger partial charge in [-0.05, 0) is 65.9 Å². The number of piperidine rings is 1. The lowest BCUT2D eigenvalue weighted by Gasteiger charge is -2.33. The minimum atomic E-state index is -0.376. The Hall–Kier alpha value is -4.07. The number of nitrogens with zero attached hydrogens (tertiary/aromatic N) is 8. The Bertz CT molecular complexity index is 1560. The van der Waals surface area contributed by atoms with E-state index in [4.69, 9.17) is 26.1 Å². The SMILES string of the molecule is Cc1cnc(-c2nnn[nH]2)cc1/N=C(/CN1CCC(Oc2ccnc(Cc3ccc(Cl)cc3F)n2)CC1)NCC1CCO1. The molecule has 2 N–H and O–H groups in total. The summed E-state index contributed by atoms with van der Waals surface area (Å²) in [6.07, 6.45) is 6.61. The monoisotopic (exact) mass is 606 g/mol. The summed E-state index contributed by atoms with van der Waals surface area (Å²) in [5.41, 5.74) is 2.86. The molecule has 1 aromatic carbocycles. The van der Waals surface area contributed by atoms with Crippen LogP contribution in [0, 0.1) is 12.7 Å². The predicted octanol–water partition coefficient (Wildman–Crippen LogP) is 3.70. The fourth-order valence-electron chi connectivity index (χ4n) is 4.92. The van der Waals surface area contributed by atoms with Crippen LogP contribution >= 0.6 is 11.6 Å². The lowest BCUT2D eigenvalue weighted by atomic mass is 10.1. The average molecular weight is 607 g/mol. The van der Waals surface area contributed by atoms with E-state index in [0.29, 0.717) is 46.9 Å².